The lowest BCUT2D eigenvalue weighted by Crippen LogP contribution is -2.32. The van der Waals surface area contributed by atoms with Gasteiger partial charge in [-0.25, -0.2) is 4.79 Å². The van der Waals surface area contributed by atoms with Crippen LogP contribution >= 0.6 is 0 Å². The van der Waals surface area contributed by atoms with Gasteiger partial charge in [0.15, 0.2) is 6.10 Å². The molecule has 0 bridgehead atoms. The van der Waals surface area contributed by atoms with Gasteiger partial charge in [0.1, 0.15) is 12.4 Å². The zero-order valence-corrected chi connectivity index (χ0v) is 12.3. The van der Waals surface area contributed by atoms with Crippen LogP contribution in [0.5, 0.6) is 5.75 Å². The Bertz CT molecular complexity index is 653. The number of hydrogen-bond donors (Lipinski definition) is 0. The van der Waals surface area contributed by atoms with E-state index in [1.165, 1.54) is 5.39 Å². The van der Waals surface area contributed by atoms with Crippen molar-refractivity contribution in [1.82, 2.24) is 4.90 Å². The number of fused-ring (bicyclic) bond motifs is 1. The van der Waals surface area contributed by atoms with E-state index in [1.807, 2.05) is 44.2 Å². The molecule has 110 valence electrons. The van der Waals surface area contributed by atoms with Gasteiger partial charge in [-0.1, -0.05) is 30.3 Å². The maximum Gasteiger partial charge on any atom is 0.410 e. The van der Waals surface area contributed by atoms with Crippen molar-refractivity contribution >= 4 is 16.9 Å². The predicted octanol–water partition coefficient (Wildman–Crippen LogP) is 3.45. The number of amides is 1. The number of nitrogens with zero attached hydrogens (tertiary/aromatic N) is 1. The zero-order chi connectivity index (χ0) is 14.8. The fraction of sp³-hybridized carbons (Fsp3) is 0.353. The molecule has 1 aliphatic rings. The quantitative estimate of drug-likeness (QED) is 0.863. The Labute approximate surface area is 124 Å². The lowest BCUT2D eigenvalue weighted by Gasteiger charge is -2.16. The average molecular weight is 285 g/mol. The van der Waals surface area contributed by atoms with Gasteiger partial charge >= 0.3 is 6.09 Å². The molecule has 2 aromatic carbocycles. The van der Waals surface area contributed by atoms with E-state index >= 15 is 0 Å². The minimum Gasteiger partial charge on any atom is -0.490 e. The van der Waals surface area contributed by atoms with Crippen molar-refractivity contribution in [2.75, 3.05) is 13.2 Å². The number of ether oxygens (including phenoxy) is 2. The van der Waals surface area contributed by atoms with Crippen molar-refractivity contribution in [3.63, 3.8) is 0 Å². The number of carbonyl (C=O) groups is 1. The van der Waals surface area contributed by atoms with Gasteiger partial charge in [0.2, 0.25) is 0 Å². The summed E-state index contributed by atoms with van der Waals surface area (Å²) in [6.45, 7) is 4.93. The predicted molar refractivity (Wildman–Crippen MR) is 81.6 cm³/mol. The largest absolute Gasteiger partial charge is 0.490 e. The minimum absolute atomic E-state index is 0.156. The summed E-state index contributed by atoms with van der Waals surface area (Å²) in [5.41, 5.74) is 0. The molecule has 0 aliphatic carbocycles. The molecule has 0 radical (unpaired) electrons. The Hall–Kier alpha value is -2.23. The third kappa shape index (κ3) is 2.94. The molecule has 4 nitrogen and oxygen atoms in total. The van der Waals surface area contributed by atoms with Crippen molar-refractivity contribution in [3.8, 4) is 5.75 Å². The molecule has 2 aromatic rings. The van der Waals surface area contributed by atoms with Crippen LogP contribution in [0.25, 0.3) is 10.8 Å². The first-order valence-electron chi connectivity index (χ1n) is 7.22. The molecule has 1 aliphatic heterocycles. The van der Waals surface area contributed by atoms with Gasteiger partial charge in [-0.2, -0.15) is 0 Å². The minimum atomic E-state index is -0.253. The summed E-state index contributed by atoms with van der Waals surface area (Å²) >= 11 is 0. The van der Waals surface area contributed by atoms with Gasteiger partial charge in [-0.05, 0) is 36.8 Å². The van der Waals surface area contributed by atoms with E-state index in [2.05, 4.69) is 12.1 Å². The van der Waals surface area contributed by atoms with Crippen molar-refractivity contribution < 1.29 is 14.3 Å². The summed E-state index contributed by atoms with van der Waals surface area (Å²) in [5.74, 6) is 0.799. The highest BCUT2D eigenvalue weighted by Crippen LogP contribution is 2.22. The molecule has 1 saturated heterocycles. The van der Waals surface area contributed by atoms with Crippen LogP contribution in [0.1, 0.15) is 13.8 Å². The van der Waals surface area contributed by atoms with Crippen molar-refractivity contribution in [3.05, 3.63) is 42.5 Å². The van der Waals surface area contributed by atoms with Gasteiger partial charge in [-0.3, -0.25) is 0 Å². The van der Waals surface area contributed by atoms with Crippen molar-refractivity contribution in [2.45, 2.75) is 26.0 Å². The van der Waals surface area contributed by atoms with Crippen LogP contribution in [0.2, 0.25) is 0 Å². The standard InChI is InChI=1S/C17H19NO3/c1-12(2)18-10-16(21-17(18)19)11-20-15-8-7-13-5-3-4-6-14(13)9-15/h3-9,12,16H,10-11H2,1-2H3/t16-/m1/s1. The zero-order valence-electron chi connectivity index (χ0n) is 12.3. The second kappa shape index (κ2) is 5.64. The highest BCUT2D eigenvalue weighted by Gasteiger charge is 2.33. The summed E-state index contributed by atoms with van der Waals surface area (Å²) in [7, 11) is 0. The van der Waals surface area contributed by atoms with Crippen LogP contribution < -0.4 is 4.74 Å². The van der Waals surface area contributed by atoms with Gasteiger partial charge in [0.05, 0.1) is 6.54 Å². The average Bonchev–Trinajstić information content (AvgIpc) is 2.86. The smallest absolute Gasteiger partial charge is 0.410 e. The van der Waals surface area contributed by atoms with Gasteiger partial charge in [0.25, 0.3) is 0 Å². The fourth-order valence-electron chi connectivity index (χ4n) is 2.50. The summed E-state index contributed by atoms with van der Waals surface area (Å²) in [4.78, 5) is 13.4. The van der Waals surface area contributed by atoms with Crippen LogP contribution in [0, 0.1) is 0 Å². The van der Waals surface area contributed by atoms with E-state index in [-0.39, 0.29) is 18.2 Å². The van der Waals surface area contributed by atoms with E-state index in [0.717, 1.165) is 11.1 Å². The first-order chi connectivity index (χ1) is 10.1. The summed E-state index contributed by atoms with van der Waals surface area (Å²) < 4.78 is 11.1. The number of hydrogen-bond acceptors (Lipinski definition) is 3. The number of carbonyl (C=O) groups excluding carboxylic acids is 1. The SMILES string of the molecule is CC(C)N1C[C@H](COc2ccc3ccccc3c2)OC1=O. The van der Waals surface area contributed by atoms with Crippen LogP contribution in [-0.2, 0) is 4.74 Å². The Morgan fingerprint density at radius 1 is 1.24 bits per heavy atom. The van der Waals surface area contributed by atoms with E-state index in [4.69, 9.17) is 9.47 Å². The molecule has 4 heteroatoms. The molecule has 0 saturated carbocycles. The first kappa shape index (κ1) is 13.7. The molecular formula is C17H19NO3. The second-order valence-corrected chi connectivity index (χ2v) is 5.57. The number of cyclic esters (lactones) is 1. The third-order valence-electron chi connectivity index (χ3n) is 3.68. The normalized spacial score (nSPS) is 18.3. The molecular weight excluding hydrogens is 266 g/mol. The van der Waals surface area contributed by atoms with Crippen molar-refractivity contribution in [2.24, 2.45) is 0 Å². The molecule has 1 amide bonds. The van der Waals surface area contributed by atoms with Gasteiger partial charge < -0.3 is 14.4 Å². The number of benzene rings is 2. The lowest BCUT2D eigenvalue weighted by molar-refractivity contribution is 0.102. The summed E-state index contributed by atoms with van der Waals surface area (Å²) in [5, 5.41) is 2.32. The van der Waals surface area contributed by atoms with Gasteiger partial charge in [-0.15, -0.1) is 0 Å². The number of rotatable bonds is 4. The molecule has 1 atom stereocenters. The fourth-order valence-corrected chi connectivity index (χ4v) is 2.50. The molecule has 0 spiro atoms. The van der Waals surface area contributed by atoms with Crippen LogP contribution in [-0.4, -0.2) is 36.3 Å². The highest BCUT2D eigenvalue weighted by atomic mass is 16.6. The topological polar surface area (TPSA) is 38.8 Å². The van der Waals surface area contributed by atoms with E-state index in [0.29, 0.717) is 13.2 Å². The summed E-state index contributed by atoms with van der Waals surface area (Å²) in [6, 6.07) is 14.3. The lowest BCUT2D eigenvalue weighted by atomic mass is 10.1. The first-order valence-corrected chi connectivity index (χ1v) is 7.22. The van der Waals surface area contributed by atoms with Gasteiger partial charge in [0, 0.05) is 6.04 Å². The molecule has 1 fully saturated rings. The molecule has 3 rings (SSSR count). The Kier molecular flexibility index (Phi) is 3.69. The maximum absolute atomic E-state index is 11.7. The third-order valence-corrected chi connectivity index (χ3v) is 3.68. The second-order valence-electron chi connectivity index (χ2n) is 5.57. The Balaban J connectivity index is 1.63. The van der Waals surface area contributed by atoms with Crippen molar-refractivity contribution in [1.29, 1.82) is 0 Å². The highest BCUT2D eigenvalue weighted by molar-refractivity contribution is 5.83. The summed E-state index contributed by atoms with van der Waals surface area (Å²) in [6.07, 6.45) is -0.455. The Morgan fingerprint density at radius 3 is 2.71 bits per heavy atom. The molecule has 0 unspecified atom stereocenters. The van der Waals surface area contributed by atoms with E-state index in [9.17, 15) is 4.79 Å². The van der Waals surface area contributed by atoms with E-state index < -0.39 is 0 Å². The molecule has 0 aromatic heterocycles. The molecule has 1 heterocycles. The molecule has 0 N–H and O–H groups in total. The maximum atomic E-state index is 11.7. The van der Waals surface area contributed by atoms with Crippen LogP contribution in [0.15, 0.2) is 42.5 Å². The monoisotopic (exact) mass is 285 g/mol. The van der Waals surface area contributed by atoms with E-state index in [1.54, 1.807) is 4.90 Å². The van der Waals surface area contributed by atoms with Crippen LogP contribution in [0.4, 0.5) is 4.79 Å². The molecule has 21 heavy (non-hydrogen) atoms. The Morgan fingerprint density at radius 2 is 2.00 bits per heavy atom. The van der Waals surface area contributed by atoms with Crippen LogP contribution in [0.3, 0.4) is 0 Å².